The van der Waals surface area contributed by atoms with Gasteiger partial charge in [0, 0.05) is 17.6 Å². The monoisotopic (exact) mass is 378 g/mol. The smallest absolute Gasteiger partial charge is 0.267 e. The molecule has 3 rings (SSSR count). The molecule has 0 aromatic heterocycles. The van der Waals surface area contributed by atoms with Crippen LogP contribution in [0.25, 0.3) is 6.08 Å². The molecule has 0 spiro atoms. The third-order valence-corrected chi connectivity index (χ3v) is 5.97. The minimum atomic E-state index is -3.65. The zero-order chi connectivity index (χ0) is 18.0. The highest BCUT2D eigenvalue weighted by Gasteiger charge is 2.30. The Bertz CT molecular complexity index is 940. The van der Waals surface area contributed by atoms with Gasteiger partial charge in [-0.1, -0.05) is 17.7 Å². The van der Waals surface area contributed by atoms with Gasteiger partial charge in [-0.25, -0.2) is 13.9 Å². The molecule has 2 N–H and O–H groups in total. The Morgan fingerprint density at radius 1 is 1.20 bits per heavy atom. The standard InChI is InChI=1S/C17H15ClN2O4S/c18-14-3-5-15(6-4-14)25(23,24)20-10-9-13-11-12(1-7-16(13)20)2-8-17(21)19-22/h1-8,11,22H,9-10H2,(H,19,21)/b8-2+. The zero-order valence-corrected chi connectivity index (χ0v) is 14.6. The van der Waals surface area contributed by atoms with Crippen LogP contribution in [0.5, 0.6) is 0 Å². The van der Waals surface area contributed by atoms with E-state index in [0.29, 0.717) is 23.7 Å². The van der Waals surface area contributed by atoms with Crippen molar-refractivity contribution in [3.05, 3.63) is 64.7 Å². The highest BCUT2D eigenvalue weighted by Crippen LogP contribution is 2.34. The van der Waals surface area contributed by atoms with E-state index < -0.39 is 15.9 Å². The highest BCUT2D eigenvalue weighted by molar-refractivity contribution is 7.92. The van der Waals surface area contributed by atoms with Gasteiger partial charge in [-0.05, 0) is 60.0 Å². The lowest BCUT2D eigenvalue weighted by Gasteiger charge is -2.19. The molecule has 0 radical (unpaired) electrons. The van der Waals surface area contributed by atoms with Crippen LogP contribution >= 0.6 is 11.6 Å². The molecule has 1 heterocycles. The third-order valence-electron chi connectivity index (χ3n) is 3.90. The number of sulfonamides is 1. The first kappa shape index (κ1) is 17.5. The Balaban J connectivity index is 1.90. The van der Waals surface area contributed by atoms with Crippen molar-refractivity contribution in [3.8, 4) is 0 Å². The first-order valence-electron chi connectivity index (χ1n) is 7.45. The van der Waals surface area contributed by atoms with Crippen LogP contribution < -0.4 is 9.79 Å². The van der Waals surface area contributed by atoms with Crippen LogP contribution in [0, 0.1) is 0 Å². The predicted molar refractivity (Wildman–Crippen MR) is 95.1 cm³/mol. The van der Waals surface area contributed by atoms with Crippen molar-refractivity contribution in [2.24, 2.45) is 0 Å². The molecule has 0 saturated heterocycles. The van der Waals surface area contributed by atoms with E-state index in [1.807, 2.05) is 6.07 Å². The van der Waals surface area contributed by atoms with Gasteiger partial charge in [0.05, 0.1) is 10.6 Å². The molecular weight excluding hydrogens is 364 g/mol. The lowest BCUT2D eigenvalue weighted by Crippen LogP contribution is -2.29. The van der Waals surface area contributed by atoms with Gasteiger partial charge in [0.25, 0.3) is 15.9 Å². The second-order valence-electron chi connectivity index (χ2n) is 5.48. The molecule has 0 aliphatic carbocycles. The second kappa shape index (κ2) is 6.87. The van der Waals surface area contributed by atoms with E-state index in [2.05, 4.69) is 0 Å². The maximum Gasteiger partial charge on any atom is 0.267 e. The van der Waals surface area contributed by atoms with Crippen LogP contribution in [0.4, 0.5) is 5.69 Å². The van der Waals surface area contributed by atoms with E-state index >= 15 is 0 Å². The van der Waals surface area contributed by atoms with Crippen molar-refractivity contribution >= 4 is 39.3 Å². The fraction of sp³-hybridized carbons (Fsp3) is 0.118. The average molecular weight is 379 g/mol. The summed E-state index contributed by atoms with van der Waals surface area (Å²) in [7, 11) is -3.65. The van der Waals surface area contributed by atoms with Gasteiger partial charge < -0.3 is 0 Å². The first-order chi connectivity index (χ1) is 11.9. The number of rotatable bonds is 4. The summed E-state index contributed by atoms with van der Waals surface area (Å²) in [6, 6.07) is 11.3. The van der Waals surface area contributed by atoms with E-state index in [0.717, 1.165) is 11.1 Å². The lowest BCUT2D eigenvalue weighted by molar-refractivity contribution is -0.124. The maximum absolute atomic E-state index is 12.8. The van der Waals surface area contributed by atoms with E-state index in [4.69, 9.17) is 16.8 Å². The molecule has 130 valence electrons. The fourth-order valence-electron chi connectivity index (χ4n) is 2.69. The van der Waals surface area contributed by atoms with Crippen LogP contribution in [0.15, 0.2) is 53.4 Å². The quantitative estimate of drug-likeness (QED) is 0.486. The summed E-state index contributed by atoms with van der Waals surface area (Å²) in [5.74, 6) is -0.632. The summed E-state index contributed by atoms with van der Waals surface area (Å²) in [6.07, 6.45) is 3.32. The van der Waals surface area contributed by atoms with E-state index in [-0.39, 0.29) is 4.90 Å². The van der Waals surface area contributed by atoms with Gasteiger partial charge >= 0.3 is 0 Å². The Kier molecular flexibility index (Phi) is 4.80. The van der Waals surface area contributed by atoms with Crippen molar-refractivity contribution in [1.29, 1.82) is 0 Å². The minimum absolute atomic E-state index is 0.188. The largest absolute Gasteiger partial charge is 0.288 e. The van der Waals surface area contributed by atoms with Crippen LogP contribution in [0.2, 0.25) is 5.02 Å². The molecule has 1 amide bonds. The number of nitrogens with zero attached hydrogens (tertiary/aromatic N) is 1. The molecular formula is C17H15ClN2O4S. The number of halogens is 1. The molecule has 0 atom stereocenters. The number of carbonyl (C=O) groups is 1. The predicted octanol–water partition coefficient (Wildman–Crippen LogP) is 2.61. The topological polar surface area (TPSA) is 86.7 Å². The molecule has 0 saturated carbocycles. The van der Waals surface area contributed by atoms with Gasteiger partial charge in [-0.3, -0.25) is 14.3 Å². The van der Waals surface area contributed by atoms with E-state index in [1.165, 1.54) is 28.0 Å². The van der Waals surface area contributed by atoms with Crippen molar-refractivity contribution < 1.29 is 18.4 Å². The highest BCUT2D eigenvalue weighted by atomic mass is 35.5. The minimum Gasteiger partial charge on any atom is -0.288 e. The molecule has 6 nitrogen and oxygen atoms in total. The number of nitrogens with one attached hydrogen (secondary N) is 1. The van der Waals surface area contributed by atoms with Gasteiger partial charge in [-0.2, -0.15) is 0 Å². The van der Waals surface area contributed by atoms with Crippen LogP contribution in [0.1, 0.15) is 11.1 Å². The molecule has 8 heteroatoms. The Morgan fingerprint density at radius 3 is 2.60 bits per heavy atom. The Labute approximate surface area is 150 Å². The SMILES string of the molecule is O=C(/C=C/c1ccc2c(c1)CCN2S(=O)(=O)c1ccc(Cl)cc1)NO. The molecule has 1 aliphatic rings. The number of hydrogen-bond acceptors (Lipinski definition) is 4. The van der Waals surface area contributed by atoms with Gasteiger partial charge in [-0.15, -0.1) is 0 Å². The second-order valence-corrected chi connectivity index (χ2v) is 7.78. The molecule has 2 aromatic rings. The molecule has 0 bridgehead atoms. The summed E-state index contributed by atoms with van der Waals surface area (Å²) in [4.78, 5) is 11.2. The summed E-state index contributed by atoms with van der Waals surface area (Å²) >= 11 is 5.82. The van der Waals surface area contributed by atoms with Gasteiger partial charge in [0.2, 0.25) is 0 Å². The molecule has 25 heavy (non-hydrogen) atoms. The van der Waals surface area contributed by atoms with Crippen molar-refractivity contribution in [3.63, 3.8) is 0 Å². The van der Waals surface area contributed by atoms with Gasteiger partial charge in [0.15, 0.2) is 0 Å². The Morgan fingerprint density at radius 2 is 1.92 bits per heavy atom. The number of hydroxylamine groups is 1. The van der Waals surface area contributed by atoms with E-state index in [9.17, 15) is 13.2 Å². The van der Waals surface area contributed by atoms with Crippen LogP contribution in [-0.4, -0.2) is 26.1 Å². The number of carbonyl (C=O) groups excluding carboxylic acids is 1. The van der Waals surface area contributed by atoms with Gasteiger partial charge in [0.1, 0.15) is 0 Å². The van der Waals surface area contributed by atoms with Crippen molar-refractivity contribution in [2.75, 3.05) is 10.8 Å². The molecule has 2 aromatic carbocycles. The lowest BCUT2D eigenvalue weighted by atomic mass is 10.1. The number of fused-ring (bicyclic) bond motifs is 1. The number of anilines is 1. The maximum atomic E-state index is 12.8. The summed E-state index contributed by atoms with van der Waals surface area (Å²) in [5, 5.41) is 8.96. The van der Waals surface area contributed by atoms with Crippen LogP contribution in [-0.2, 0) is 21.2 Å². The van der Waals surface area contributed by atoms with Crippen molar-refractivity contribution in [1.82, 2.24) is 5.48 Å². The summed E-state index contributed by atoms with van der Waals surface area (Å²) in [6.45, 7) is 0.352. The number of amides is 1. The van der Waals surface area contributed by atoms with Crippen molar-refractivity contribution in [2.45, 2.75) is 11.3 Å². The van der Waals surface area contributed by atoms with Crippen LogP contribution in [0.3, 0.4) is 0 Å². The average Bonchev–Trinajstić information content (AvgIpc) is 3.04. The fourth-order valence-corrected chi connectivity index (χ4v) is 4.32. The normalized spacial score (nSPS) is 13.9. The number of benzene rings is 2. The molecule has 0 unspecified atom stereocenters. The Hall–Kier alpha value is -2.35. The molecule has 1 aliphatic heterocycles. The summed E-state index contributed by atoms with van der Waals surface area (Å²) < 4.78 is 27.0. The molecule has 0 fully saturated rings. The first-order valence-corrected chi connectivity index (χ1v) is 9.27. The summed E-state index contributed by atoms with van der Waals surface area (Å²) in [5.41, 5.74) is 3.76. The number of hydrogen-bond donors (Lipinski definition) is 2. The van der Waals surface area contributed by atoms with E-state index in [1.54, 1.807) is 30.3 Å². The zero-order valence-electron chi connectivity index (χ0n) is 13.0. The third kappa shape index (κ3) is 3.53.